The summed E-state index contributed by atoms with van der Waals surface area (Å²) >= 11 is 26.7. The van der Waals surface area contributed by atoms with Crippen molar-refractivity contribution in [3.8, 4) is 62.9 Å². The smallest absolute Gasteiger partial charge is 0.330 e. The monoisotopic (exact) mass is 1740 g/mol. The predicted molar refractivity (Wildman–Crippen MR) is 426 cm³/mol. The number of carbonyl (C=O) groups is 8. The molecule has 0 radical (unpaired) electrons. The number of halogens is 4. The number of aliphatic carboxylic acids is 1. The van der Waals surface area contributed by atoms with Crippen LogP contribution in [0.4, 0.5) is 0 Å². The number of phenols is 3. The summed E-state index contributed by atoms with van der Waals surface area (Å²) in [6, 6.07) is 11.3. The van der Waals surface area contributed by atoms with Crippen LogP contribution >= 0.6 is 46.4 Å². The Morgan fingerprint density at radius 1 is 0.683 bits per heavy atom. The number of carboxylic acids is 1. The van der Waals surface area contributed by atoms with Crippen molar-refractivity contribution in [3.05, 3.63) is 191 Å². The highest BCUT2D eigenvalue weighted by molar-refractivity contribution is 6.42. The molecule has 40 heteroatoms. The molecule has 0 spiro atoms. The second-order valence-electron chi connectivity index (χ2n) is 29.9. The summed E-state index contributed by atoms with van der Waals surface area (Å²) in [6.07, 6.45) is -19.0. The maximum atomic E-state index is 16.3. The van der Waals surface area contributed by atoms with Crippen LogP contribution in [-0.2, 0) is 65.7 Å². The van der Waals surface area contributed by atoms with Gasteiger partial charge in [-0.1, -0.05) is 102 Å². The number of fused-ring (bicyclic) bond motifs is 15. The van der Waals surface area contributed by atoms with Crippen molar-refractivity contribution < 1.29 is 117 Å². The van der Waals surface area contributed by atoms with Crippen LogP contribution in [0.15, 0.2) is 126 Å². The molecular formula is C80H84Cl4N12O24. The van der Waals surface area contributed by atoms with Gasteiger partial charge in [0.1, 0.15) is 95.7 Å². The third kappa shape index (κ3) is 19.7. The van der Waals surface area contributed by atoms with Crippen LogP contribution in [0.3, 0.4) is 0 Å². The summed E-state index contributed by atoms with van der Waals surface area (Å²) in [5, 5.41) is 131. The van der Waals surface area contributed by atoms with E-state index in [2.05, 4.69) is 52.6 Å². The number of ether oxygens (including phenoxy) is 7. The normalized spacial score (nSPS) is 26.5. The summed E-state index contributed by atoms with van der Waals surface area (Å²) in [4.78, 5) is 121. The van der Waals surface area contributed by atoms with Gasteiger partial charge in [-0.05, 0) is 151 Å². The predicted octanol–water partition coefficient (Wildman–Crippen LogP) is 6.14. The maximum absolute atomic E-state index is 16.3. The number of azide groups is 1. The first-order chi connectivity index (χ1) is 57.0. The molecule has 7 heterocycles. The van der Waals surface area contributed by atoms with Gasteiger partial charge in [0.15, 0.2) is 29.9 Å². The summed E-state index contributed by atoms with van der Waals surface area (Å²) in [6.45, 7) is 6.50. The standard InChI is InChI=1S/C80H84Cl4N12O24/c1-32(2)18-48(87-5)72(106)94-63-65(101)37-10-16-52(46(83)21-37)116-54-23-39-24-55(69(54)120-79-70(68(104)67(103)56(118-79)30-89-96-86)119-58-28-80(4,71(105)33(3)115-58)88-29-34-6-12-41(13-7-34)114-31-35-8-14-44(81)45(82)19-35)117-53-17-11-38(22-47(53)84)66(102)64-77(111)93-62(78(112)113)43-25-40(97)26-51(99)59(43)42-20-36(9-15-50(42)98)60(74(108)95-64)92-75(109)61(39)91-73(107)49(27-57(85)100)90-76(63)110/h6-17,19-26,32-33,48-49,56,58,60-68,70-71,79,87-88,97-99,101-105H,18,27-31H2,1-5H3,(H2,85,100)(H,90,110)(H,91,107)(H,92,109)(H,93,111)(H,94,106)(H,95,108)(H,112,113)/t33?,48-,49+,56?,58?,60?,61-,62-,63-,64+,65-,66-,67?,68?,70?,71?,79?,80?/m1/s1. The van der Waals surface area contributed by atoms with Gasteiger partial charge in [-0.15, -0.1) is 0 Å². The van der Waals surface area contributed by atoms with E-state index in [4.69, 9.17) is 85.3 Å². The van der Waals surface area contributed by atoms with Crippen LogP contribution in [0.5, 0.6) is 51.7 Å². The molecule has 14 rings (SSSR count). The van der Waals surface area contributed by atoms with Crippen molar-refractivity contribution in [1.82, 2.24) is 42.5 Å². The van der Waals surface area contributed by atoms with E-state index in [0.717, 1.165) is 77.9 Å². The highest BCUT2D eigenvalue weighted by Gasteiger charge is 2.52. The van der Waals surface area contributed by atoms with Crippen molar-refractivity contribution >= 4 is 93.7 Å². The Bertz CT molecular complexity index is 5170. The number of hydrogen-bond acceptors (Lipinski definition) is 26. The minimum atomic E-state index is -2.39. The molecule has 10 unspecified atom stereocenters. The largest absolute Gasteiger partial charge is 0.508 e. The Labute approximate surface area is 703 Å². The number of carbonyl (C=O) groups excluding carboxylic acids is 7. The van der Waals surface area contributed by atoms with E-state index in [0.29, 0.717) is 15.8 Å². The van der Waals surface area contributed by atoms with Crippen LogP contribution in [0.1, 0.15) is 116 Å². The van der Waals surface area contributed by atoms with E-state index in [1.807, 2.05) is 13.8 Å². The Morgan fingerprint density at radius 2 is 1.32 bits per heavy atom. The number of nitrogens with zero attached hydrogens (tertiary/aromatic N) is 3. The SMILES string of the molecule is CN[C@H](CC(C)C)C(=O)N[C@H]1C(=O)N[C@@H](CC(N)=O)C(=O)N[C@H]2C(=O)NC3C(=O)N[C@H](C(=O)N[C@@H](C(=O)O)c4cc(O)cc(O)c4-c4cc3ccc4O)[C@H](O)c3ccc(c(Cl)c3)Oc3cc2cc(c3OC2OC(CN=[N+]=[N-])C(O)C(O)C2OC2CC(C)(NCc3ccc(OCc4ccc(Cl)c(Cl)c4)cc3)C(O)C(C)O2)Oc2ccc(cc2Cl)[C@H]1O. The lowest BCUT2D eigenvalue weighted by Crippen LogP contribution is -2.65. The first-order valence-corrected chi connectivity index (χ1v) is 39.0. The highest BCUT2D eigenvalue weighted by atomic mass is 35.5. The van der Waals surface area contributed by atoms with E-state index in [1.165, 1.54) is 19.2 Å². The molecule has 120 heavy (non-hydrogen) atoms. The van der Waals surface area contributed by atoms with Gasteiger partial charge in [0.2, 0.25) is 53.4 Å². The number of amides is 7. The summed E-state index contributed by atoms with van der Waals surface area (Å²) < 4.78 is 45.7. The molecule has 7 aromatic rings. The molecule has 2 saturated heterocycles. The average Bonchev–Trinajstić information content (AvgIpc) is 0.767. The topological polar surface area (TPSA) is 554 Å². The molecule has 7 aliphatic rings. The molecule has 19 N–H and O–H groups in total. The van der Waals surface area contributed by atoms with Gasteiger partial charge in [-0.3, -0.25) is 33.6 Å². The van der Waals surface area contributed by atoms with Crippen LogP contribution in [-0.4, -0.2) is 186 Å². The quantitative estimate of drug-likeness (QED) is 0.0231. The molecule has 0 aliphatic carbocycles. The molecule has 0 aromatic heterocycles. The fourth-order valence-electron chi connectivity index (χ4n) is 14.6. The number of aliphatic hydroxyl groups excluding tert-OH is 5. The number of nitrogens with one attached hydrogen (secondary N) is 8. The van der Waals surface area contributed by atoms with E-state index in [1.54, 1.807) is 56.3 Å². The number of likely N-dealkylation sites (N-methyl/N-ethyl adjacent to an activating group) is 1. The number of primary amides is 1. The van der Waals surface area contributed by atoms with Crippen LogP contribution in [0, 0.1) is 5.92 Å². The molecule has 36 nitrogen and oxygen atoms in total. The van der Waals surface area contributed by atoms with Crippen molar-refractivity contribution in [2.45, 2.75) is 169 Å². The molecule has 0 saturated carbocycles. The third-order valence-electron chi connectivity index (χ3n) is 20.9. The zero-order chi connectivity index (χ0) is 86.6. The zero-order valence-electron chi connectivity index (χ0n) is 64.3. The van der Waals surface area contributed by atoms with Gasteiger partial charge in [0.05, 0.1) is 57.4 Å². The van der Waals surface area contributed by atoms with E-state index >= 15 is 14.4 Å². The zero-order valence-corrected chi connectivity index (χ0v) is 67.3. The lowest BCUT2D eigenvalue weighted by Gasteiger charge is -2.48. The summed E-state index contributed by atoms with van der Waals surface area (Å²) in [7, 11) is 1.47. The van der Waals surface area contributed by atoms with Gasteiger partial charge >= 0.3 is 5.97 Å². The number of carboxylic acid groups (broad SMARTS) is 1. The number of rotatable bonds is 20. The van der Waals surface area contributed by atoms with Crippen molar-refractivity contribution in [2.24, 2.45) is 16.8 Å². The molecule has 2 fully saturated rings. The van der Waals surface area contributed by atoms with E-state index in [9.17, 15) is 75.5 Å². The molecule has 636 valence electrons. The molecule has 7 aliphatic heterocycles. The third-order valence-corrected chi connectivity index (χ3v) is 22.2. The van der Waals surface area contributed by atoms with E-state index < -0.39 is 237 Å². The molecule has 7 aromatic carbocycles. The molecular weight excluding hydrogens is 1650 g/mol. The first-order valence-electron chi connectivity index (χ1n) is 37.5. The second-order valence-corrected chi connectivity index (χ2v) is 31.5. The number of benzene rings is 7. The fraction of sp³-hybridized carbons (Fsp3) is 0.375. The van der Waals surface area contributed by atoms with Crippen molar-refractivity contribution in [3.63, 3.8) is 0 Å². The van der Waals surface area contributed by atoms with Gasteiger partial charge < -0.3 is 127 Å². The minimum absolute atomic E-state index is 0.117. The fourth-order valence-corrected chi connectivity index (χ4v) is 15.3. The van der Waals surface area contributed by atoms with Crippen LogP contribution in [0.25, 0.3) is 21.6 Å². The summed E-state index contributed by atoms with van der Waals surface area (Å²) in [5.74, 6) is -15.7. The van der Waals surface area contributed by atoms with Gasteiger partial charge in [-0.2, -0.15) is 0 Å². The molecule has 7 amide bonds. The number of aromatic hydroxyl groups is 3. The highest BCUT2D eigenvalue weighted by Crippen LogP contribution is 2.50. The first kappa shape index (κ1) is 88.3. The number of aliphatic hydroxyl groups is 5. The maximum Gasteiger partial charge on any atom is 0.330 e. The average molecular weight is 1740 g/mol. The van der Waals surface area contributed by atoms with Gasteiger partial charge in [0, 0.05) is 46.2 Å². The van der Waals surface area contributed by atoms with Gasteiger partial charge in [0.25, 0.3) is 0 Å². The van der Waals surface area contributed by atoms with Gasteiger partial charge in [-0.25, -0.2) is 4.79 Å². The Kier molecular flexibility index (Phi) is 27.4. The van der Waals surface area contributed by atoms with Crippen molar-refractivity contribution in [1.29, 1.82) is 0 Å². The Balaban J connectivity index is 1.03. The molecule has 18 atom stereocenters. The van der Waals surface area contributed by atoms with Crippen LogP contribution in [0.2, 0.25) is 20.1 Å². The number of nitrogens with two attached hydrogens (primary N) is 1. The van der Waals surface area contributed by atoms with Crippen LogP contribution < -0.4 is 67.2 Å². The number of hydrogen-bond donors (Lipinski definition) is 18. The lowest BCUT2D eigenvalue weighted by molar-refractivity contribution is -0.331. The summed E-state index contributed by atoms with van der Waals surface area (Å²) in [5.41, 5.74) is 12.7. The minimum Gasteiger partial charge on any atom is -0.508 e. The number of phenolic OH excluding ortho intramolecular Hbond substituents is 3. The Morgan fingerprint density at radius 3 is 1.94 bits per heavy atom. The van der Waals surface area contributed by atoms with E-state index in [-0.39, 0.29) is 59.4 Å². The van der Waals surface area contributed by atoms with Crippen molar-refractivity contribution in [2.75, 3.05) is 13.6 Å². The second kappa shape index (κ2) is 37.3. The lowest BCUT2D eigenvalue weighted by atomic mass is 9.84. The molecule has 11 bridgehead atoms. The Hall–Kier alpha value is -11.0.